The van der Waals surface area contributed by atoms with E-state index in [0.717, 1.165) is 57.9 Å². The molecule has 1 amide bonds. The van der Waals surface area contributed by atoms with Gasteiger partial charge in [0, 0.05) is 25.3 Å². The van der Waals surface area contributed by atoms with Crippen LogP contribution in [0, 0.1) is 0 Å². The Labute approximate surface area is 125 Å². The maximum absolute atomic E-state index is 12.1. The summed E-state index contributed by atoms with van der Waals surface area (Å²) in [5, 5.41) is 6.24. The molecule has 2 heterocycles. The third-order valence-electron chi connectivity index (χ3n) is 4.08. The third kappa shape index (κ3) is 4.03. The SMILES string of the molecule is O=C(Nc1cccc(CN2CCOCC2)c1)C1CCCN1. The number of carbonyl (C=O) groups is 1. The van der Waals surface area contributed by atoms with Gasteiger partial charge in [-0.15, -0.1) is 0 Å². The van der Waals surface area contributed by atoms with Crippen molar-refractivity contribution >= 4 is 11.6 Å². The molecule has 0 radical (unpaired) electrons. The summed E-state index contributed by atoms with van der Waals surface area (Å²) in [6, 6.07) is 8.11. The van der Waals surface area contributed by atoms with Gasteiger partial charge in [-0.3, -0.25) is 9.69 Å². The number of hydrogen-bond donors (Lipinski definition) is 2. The van der Waals surface area contributed by atoms with E-state index in [4.69, 9.17) is 4.74 Å². The Balaban J connectivity index is 1.58. The first-order valence-electron chi connectivity index (χ1n) is 7.74. The first-order valence-corrected chi connectivity index (χ1v) is 7.74. The fraction of sp³-hybridized carbons (Fsp3) is 0.562. The minimum absolute atomic E-state index is 0.0344. The van der Waals surface area contributed by atoms with Crippen LogP contribution in [-0.2, 0) is 16.1 Å². The van der Waals surface area contributed by atoms with E-state index in [1.807, 2.05) is 12.1 Å². The number of benzene rings is 1. The van der Waals surface area contributed by atoms with Gasteiger partial charge in [0.1, 0.15) is 0 Å². The molecule has 0 bridgehead atoms. The van der Waals surface area contributed by atoms with Crippen LogP contribution in [0.2, 0.25) is 0 Å². The van der Waals surface area contributed by atoms with Crippen LogP contribution in [0.1, 0.15) is 18.4 Å². The molecule has 2 aliphatic heterocycles. The van der Waals surface area contributed by atoms with E-state index in [1.54, 1.807) is 0 Å². The maximum Gasteiger partial charge on any atom is 0.241 e. The van der Waals surface area contributed by atoms with Crippen molar-refractivity contribution in [1.29, 1.82) is 0 Å². The summed E-state index contributed by atoms with van der Waals surface area (Å²) in [6.07, 6.45) is 2.01. The van der Waals surface area contributed by atoms with E-state index in [-0.39, 0.29) is 11.9 Å². The van der Waals surface area contributed by atoms with Crippen molar-refractivity contribution < 1.29 is 9.53 Å². The average molecular weight is 289 g/mol. The van der Waals surface area contributed by atoms with Crippen LogP contribution >= 0.6 is 0 Å². The summed E-state index contributed by atoms with van der Waals surface area (Å²) in [5.41, 5.74) is 2.12. The largest absolute Gasteiger partial charge is 0.379 e. The molecule has 1 unspecified atom stereocenters. The molecule has 2 fully saturated rings. The molecule has 0 aromatic heterocycles. The van der Waals surface area contributed by atoms with Gasteiger partial charge < -0.3 is 15.4 Å². The highest BCUT2D eigenvalue weighted by Crippen LogP contribution is 2.15. The minimum Gasteiger partial charge on any atom is -0.379 e. The van der Waals surface area contributed by atoms with Crippen LogP contribution in [0.15, 0.2) is 24.3 Å². The van der Waals surface area contributed by atoms with Gasteiger partial charge in [0.2, 0.25) is 5.91 Å². The van der Waals surface area contributed by atoms with Crippen molar-refractivity contribution in [3.8, 4) is 0 Å². The first kappa shape index (κ1) is 14.5. The quantitative estimate of drug-likeness (QED) is 0.875. The second kappa shape index (κ2) is 7.02. The highest BCUT2D eigenvalue weighted by atomic mass is 16.5. The van der Waals surface area contributed by atoms with Crippen LogP contribution in [0.4, 0.5) is 5.69 Å². The normalized spacial score (nSPS) is 23.1. The van der Waals surface area contributed by atoms with Crippen molar-refractivity contribution in [3.05, 3.63) is 29.8 Å². The standard InChI is InChI=1S/C16H23N3O2/c20-16(15-5-2-6-17-15)18-14-4-1-3-13(11-14)12-19-7-9-21-10-8-19/h1,3-4,11,15,17H,2,5-10,12H2,(H,18,20). The van der Waals surface area contributed by atoms with Gasteiger partial charge in [-0.05, 0) is 37.1 Å². The molecule has 0 aliphatic carbocycles. The van der Waals surface area contributed by atoms with Crippen LogP contribution in [0.3, 0.4) is 0 Å². The number of carbonyl (C=O) groups excluding carboxylic acids is 1. The molecule has 1 atom stereocenters. The van der Waals surface area contributed by atoms with Crippen molar-refractivity contribution in [3.63, 3.8) is 0 Å². The van der Waals surface area contributed by atoms with E-state index in [2.05, 4.69) is 27.7 Å². The van der Waals surface area contributed by atoms with Gasteiger partial charge in [0.15, 0.2) is 0 Å². The molecule has 114 valence electrons. The molecule has 0 saturated carbocycles. The summed E-state index contributed by atoms with van der Waals surface area (Å²) in [7, 11) is 0. The maximum atomic E-state index is 12.1. The number of rotatable bonds is 4. The number of nitrogens with one attached hydrogen (secondary N) is 2. The third-order valence-corrected chi connectivity index (χ3v) is 4.08. The summed E-state index contributed by atoms with van der Waals surface area (Å²) >= 11 is 0. The molecule has 0 spiro atoms. The Morgan fingerprint density at radius 3 is 3.00 bits per heavy atom. The van der Waals surface area contributed by atoms with Crippen LogP contribution in [0.5, 0.6) is 0 Å². The Hall–Kier alpha value is -1.43. The fourth-order valence-electron chi connectivity index (χ4n) is 2.90. The Morgan fingerprint density at radius 1 is 1.38 bits per heavy atom. The molecular formula is C16H23N3O2. The lowest BCUT2D eigenvalue weighted by Crippen LogP contribution is -2.36. The zero-order valence-corrected chi connectivity index (χ0v) is 12.3. The number of anilines is 1. The van der Waals surface area contributed by atoms with E-state index < -0.39 is 0 Å². The summed E-state index contributed by atoms with van der Waals surface area (Å²) in [6.45, 7) is 5.42. The van der Waals surface area contributed by atoms with Crippen molar-refractivity contribution in [2.45, 2.75) is 25.4 Å². The molecule has 3 rings (SSSR count). The van der Waals surface area contributed by atoms with Crippen molar-refractivity contribution in [1.82, 2.24) is 10.2 Å². The Morgan fingerprint density at radius 2 is 2.24 bits per heavy atom. The van der Waals surface area contributed by atoms with E-state index in [0.29, 0.717) is 0 Å². The predicted octanol–water partition coefficient (Wildman–Crippen LogP) is 1.21. The van der Waals surface area contributed by atoms with Gasteiger partial charge >= 0.3 is 0 Å². The van der Waals surface area contributed by atoms with Crippen LogP contribution in [-0.4, -0.2) is 49.7 Å². The molecule has 2 aliphatic rings. The first-order chi connectivity index (χ1) is 10.3. The van der Waals surface area contributed by atoms with Crippen molar-refractivity contribution in [2.75, 3.05) is 38.2 Å². The van der Waals surface area contributed by atoms with Crippen LogP contribution < -0.4 is 10.6 Å². The summed E-state index contributed by atoms with van der Waals surface area (Å²) in [5.74, 6) is 0.0797. The zero-order chi connectivity index (χ0) is 14.5. The lowest BCUT2D eigenvalue weighted by atomic mass is 10.1. The van der Waals surface area contributed by atoms with Crippen molar-refractivity contribution in [2.24, 2.45) is 0 Å². The highest BCUT2D eigenvalue weighted by Gasteiger charge is 2.21. The number of hydrogen-bond acceptors (Lipinski definition) is 4. The number of nitrogens with zero attached hydrogens (tertiary/aromatic N) is 1. The second-order valence-corrected chi connectivity index (χ2v) is 5.73. The molecule has 2 saturated heterocycles. The summed E-state index contributed by atoms with van der Waals surface area (Å²) < 4.78 is 5.37. The molecule has 5 heteroatoms. The number of amides is 1. The summed E-state index contributed by atoms with van der Waals surface area (Å²) in [4.78, 5) is 14.5. The molecular weight excluding hydrogens is 266 g/mol. The molecule has 21 heavy (non-hydrogen) atoms. The van der Waals surface area contributed by atoms with Gasteiger partial charge in [0.05, 0.1) is 19.3 Å². The molecule has 2 N–H and O–H groups in total. The van der Waals surface area contributed by atoms with Gasteiger partial charge in [-0.1, -0.05) is 12.1 Å². The van der Waals surface area contributed by atoms with E-state index >= 15 is 0 Å². The van der Waals surface area contributed by atoms with Gasteiger partial charge in [0.25, 0.3) is 0 Å². The topological polar surface area (TPSA) is 53.6 Å². The Kier molecular flexibility index (Phi) is 4.85. The van der Waals surface area contributed by atoms with Gasteiger partial charge in [-0.2, -0.15) is 0 Å². The zero-order valence-electron chi connectivity index (χ0n) is 12.3. The fourth-order valence-corrected chi connectivity index (χ4v) is 2.90. The molecule has 1 aromatic rings. The lowest BCUT2D eigenvalue weighted by molar-refractivity contribution is -0.117. The predicted molar refractivity (Wildman–Crippen MR) is 82.2 cm³/mol. The Bertz CT molecular complexity index is 480. The molecule has 1 aromatic carbocycles. The lowest BCUT2D eigenvalue weighted by Gasteiger charge is -2.26. The minimum atomic E-state index is -0.0344. The smallest absolute Gasteiger partial charge is 0.241 e. The number of morpholine rings is 1. The second-order valence-electron chi connectivity index (χ2n) is 5.73. The van der Waals surface area contributed by atoms with Crippen LogP contribution in [0.25, 0.3) is 0 Å². The number of ether oxygens (including phenoxy) is 1. The van der Waals surface area contributed by atoms with E-state index in [1.165, 1.54) is 5.56 Å². The monoisotopic (exact) mass is 289 g/mol. The average Bonchev–Trinajstić information content (AvgIpc) is 3.03. The van der Waals surface area contributed by atoms with E-state index in [9.17, 15) is 4.79 Å². The highest BCUT2D eigenvalue weighted by molar-refractivity contribution is 5.95. The molecule has 5 nitrogen and oxygen atoms in total. The van der Waals surface area contributed by atoms with Gasteiger partial charge in [-0.25, -0.2) is 0 Å².